The second-order valence-corrected chi connectivity index (χ2v) is 6.28. The minimum absolute atomic E-state index is 0.267. The van der Waals surface area contributed by atoms with E-state index in [-0.39, 0.29) is 5.91 Å². The van der Waals surface area contributed by atoms with Crippen LogP contribution in [0, 0.1) is 0 Å². The fourth-order valence-corrected chi connectivity index (χ4v) is 2.94. The molecule has 0 spiro atoms. The van der Waals surface area contributed by atoms with Gasteiger partial charge in [-0.2, -0.15) is 0 Å². The molecule has 0 aliphatic rings. The van der Waals surface area contributed by atoms with Gasteiger partial charge in [-0.3, -0.25) is 4.79 Å². The Bertz CT molecular complexity index is 978. The number of nitrogens with one attached hydrogen (secondary N) is 1. The van der Waals surface area contributed by atoms with Crippen LogP contribution in [0.15, 0.2) is 66.7 Å². The third-order valence-corrected chi connectivity index (χ3v) is 4.32. The van der Waals surface area contributed by atoms with Gasteiger partial charge in [0, 0.05) is 11.1 Å². The van der Waals surface area contributed by atoms with Crippen LogP contribution in [-0.2, 0) is 9.53 Å². The first kappa shape index (κ1) is 19.4. The van der Waals surface area contributed by atoms with Crippen molar-refractivity contribution in [2.45, 2.75) is 26.4 Å². The number of carbonyl (C=O) groups excluding carboxylic acids is 2. The van der Waals surface area contributed by atoms with E-state index >= 15 is 0 Å². The normalized spacial score (nSPS) is 11.6. The van der Waals surface area contributed by atoms with Crippen LogP contribution in [0.3, 0.4) is 0 Å². The van der Waals surface area contributed by atoms with Crippen molar-refractivity contribution in [1.29, 1.82) is 0 Å². The van der Waals surface area contributed by atoms with E-state index < -0.39 is 12.1 Å². The molecule has 0 fully saturated rings. The number of hydrogen-bond acceptors (Lipinski definition) is 4. The van der Waals surface area contributed by atoms with E-state index in [0.717, 1.165) is 10.8 Å². The number of carbonyl (C=O) groups is 2. The van der Waals surface area contributed by atoms with Gasteiger partial charge in [-0.25, -0.2) is 4.79 Å². The highest BCUT2D eigenvalue weighted by atomic mass is 16.5. The van der Waals surface area contributed by atoms with Crippen molar-refractivity contribution < 1.29 is 19.1 Å². The molecule has 1 amide bonds. The molecule has 0 saturated heterocycles. The number of ether oxygens (including phenoxy) is 2. The Labute approximate surface area is 164 Å². The molecular weight excluding hydrogens is 354 g/mol. The molecule has 5 nitrogen and oxygen atoms in total. The van der Waals surface area contributed by atoms with Crippen LogP contribution in [0.25, 0.3) is 10.8 Å². The maximum Gasteiger partial charge on any atom is 0.338 e. The van der Waals surface area contributed by atoms with Crippen molar-refractivity contribution in [3.8, 4) is 5.75 Å². The Balaban J connectivity index is 1.75. The molecule has 0 aliphatic carbocycles. The molecule has 0 bridgehead atoms. The van der Waals surface area contributed by atoms with Crippen molar-refractivity contribution in [2.24, 2.45) is 0 Å². The van der Waals surface area contributed by atoms with E-state index in [1.807, 2.05) is 49.4 Å². The summed E-state index contributed by atoms with van der Waals surface area (Å²) in [6, 6.07) is 20.3. The van der Waals surface area contributed by atoms with Gasteiger partial charge in [0.1, 0.15) is 5.75 Å². The summed E-state index contributed by atoms with van der Waals surface area (Å²) in [5, 5.41) is 4.84. The smallest absolute Gasteiger partial charge is 0.338 e. The van der Waals surface area contributed by atoms with Gasteiger partial charge < -0.3 is 14.8 Å². The number of benzene rings is 3. The molecule has 3 aromatic rings. The largest absolute Gasteiger partial charge is 0.480 e. The number of anilines is 1. The Morgan fingerprint density at radius 1 is 0.964 bits per heavy atom. The van der Waals surface area contributed by atoms with Crippen molar-refractivity contribution in [2.75, 3.05) is 11.9 Å². The molecule has 1 atom stereocenters. The third-order valence-electron chi connectivity index (χ3n) is 4.32. The predicted octanol–water partition coefficient (Wildman–Crippen LogP) is 4.81. The van der Waals surface area contributed by atoms with Crippen LogP contribution >= 0.6 is 0 Å². The number of amides is 1. The molecule has 0 radical (unpaired) electrons. The highest BCUT2D eigenvalue weighted by molar-refractivity contribution is 5.97. The molecule has 0 aromatic heterocycles. The second-order valence-electron chi connectivity index (χ2n) is 6.28. The highest BCUT2D eigenvalue weighted by Crippen LogP contribution is 2.26. The first-order valence-corrected chi connectivity index (χ1v) is 9.34. The Kier molecular flexibility index (Phi) is 6.27. The fourth-order valence-electron chi connectivity index (χ4n) is 2.94. The van der Waals surface area contributed by atoms with E-state index in [0.29, 0.717) is 30.0 Å². The van der Waals surface area contributed by atoms with Gasteiger partial charge in [0.15, 0.2) is 6.10 Å². The quantitative estimate of drug-likeness (QED) is 0.600. The third kappa shape index (κ3) is 4.49. The molecule has 1 N–H and O–H groups in total. The van der Waals surface area contributed by atoms with E-state index in [1.54, 1.807) is 31.2 Å². The molecular formula is C23H23NO4. The van der Waals surface area contributed by atoms with Crippen molar-refractivity contribution in [1.82, 2.24) is 0 Å². The van der Waals surface area contributed by atoms with Crippen molar-refractivity contribution in [3.05, 3.63) is 72.3 Å². The monoisotopic (exact) mass is 377 g/mol. The highest BCUT2D eigenvalue weighted by Gasteiger charge is 2.20. The van der Waals surface area contributed by atoms with E-state index in [4.69, 9.17) is 9.47 Å². The Morgan fingerprint density at radius 3 is 2.50 bits per heavy atom. The summed E-state index contributed by atoms with van der Waals surface area (Å²) in [5.74, 6) is -0.0190. The van der Waals surface area contributed by atoms with Gasteiger partial charge in [0.25, 0.3) is 5.91 Å². The van der Waals surface area contributed by atoms with Gasteiger partial charge in [-0.05, 0) is 43.0 Å². The summed E-state index contributed by atoms with van der Waals surface area (Å²) in [4.78, 5) is 24.6. The second kappa shape index (κ2) is 9.04. The summed E-state index contributed by atoms with van der Waals surface area (Å²) in [7, 11) is 0. The van der Waals surface area contributed by atoms with Crippen molar-refractivity contribution >= 4 is 28.3 Å². The molecule has 0 saturated carbocycles. The zero-order valence-corrected chi connectivity index (χ0v) is 16.0. The van der Waals surface area contributed by atoms with Gasteiger partial charge >= 0.3 is 5.97 Å². The predicted molar refractivity (Wildman–Crippen MR) is 110 cm³/mol. The van der Waals surface area contributed by atoms with Crippen LogP contribution in [0.1, 0.15) is 30.6 Å². The van der Waals surface area contributed by atoms with Gasteiger partial charge in [-0.1, -0.05) is 49.4 Å². The van der Waals surface area contributed by atoms with Gasteiger partial charge in [0.05, 0.1) is 12.2 Å². The average Bonchev–Trinajstić information content (AvgIpc) is 2.72. The number of rotatable bonds is 7. The van der Waals surface area contributed by atoms with Gasteiger partial charge in [-0.15, -0.1) is 0 Å². The zero-order chi connectivity index (χ0) is 19.9. The lowest BCUT2D eigenvalue weighted by molar-refractivity contribution is -0.122. The lowest BCUT2D eigenvalue weighted by Crippen LogP contribution is -2.32. The maximum absolute atomic E-state index is 12.7. The number of hydrogen-bond donors (Lipinski definition) is 1. The van der Waals surface area contributed by atoms with Crippen LogP contribution in [0.5, 0.6) is 5.75 Å². The Hall–Kier alpha value is -3.34. The first-order chi connectivity index (χ1) is 13.6. The molecule has 0 aliphatic heterocycles. The lowest BCUT2D eigenvalue weighted by atomic mass is 10.1. The summed E-state index contributed by atoms with van der Waals surface area (Å²) >= 11 is 0. The molecule has 144 valence electrons. The fraction of sp³-hybridized carbons (Fsp3) is 0.217. The van der Waals surface area contributed by atoms with Crippen LogP contribution in [0.2, 0.25) is 0 Å². The molecule has 3 rings (SSSR count). The molecule has 3 aromatic carbocycles. The van der Waals surface area contributed by atoms with E-state index in [2.05, 4.69) is 5.32 Å². The number of fused-ring (bicyclic) bond motifs is 1. The minimum atomic E-state index is -0.656. The van der Waals surface area contributed by atoms with E-state index in [9.17, 15) is 9.59 Å². The first-order valence-electron chi connectivity index (χ1n) is 9.34. The summed E-state index contributed by atoms with van der Waals surface area (Å²) in [5.41, 5.74) is 0.915. The van der Waals surface area contributed by atoms with Crippen LogP contribution < -0.4 is 10.1 Å². The zero-order valence-electron chi connectivity index (χ0n) is 16.0. The molecule has 0 unspecified atom stereocenters. The van der Waals surface area contributed by atoms with Crippen molar-refractivity contribution in [3.63, 3.8) is 0 Å². The SMILES string of the molecule is CCOC(=O)c1cccc(NC(=O)[C@@H](CC)Oc2cccc3ccccc23)c1. The number of esters is 1. The summed E-state index contributed by atoms with van der Waals surface area (Å²) in [6.07, 6.45) is -0.149. The Morgan fingerprint density at radius 2 is 1.71 bits per heavy atom. The van der Waals surface area contributed by atoms with Crippen LogP contribution in [0.4, 0.5) is 5.69 Å². The maximum atomic E-state index is 12.7. The lowest BCUT2D eigenvalue weighted by Gasteiger charge is -2.18. The average molecular weight is 377 g/mol. The molecule has 5 heteroatoms. The summed E-state index contributed by atoms with van der Waals surface area (Å²) in [6.45, 7) is 3.94. The van der Waals surface area contributed by atoms with Crippen LogP contribution in [-0.4, -0.2) is 24.6 Å². The molecule has 0 heterocycles. The van der Waals surface area contributed by atoms with E-state index in [1.165, 1.54) is 0 Å². The van der Waals surface area contributed by atoms with Gasteiger partial charge in [0.2, 0.25) is 0 Å². The topological polar surface area (TPSA) is 64.6 Å². The summed E-state index contributed by atoms with van der Waals surface area (Å²) < 4.78 is 11.0. The molecule has 28 heavy (non-hydrogen) atoms. The minimum Gasteiger partial charge on any atom is -0.480 e. The standard InChI is InChI=1S/C23H23NO4/c1-3-20(28-21-14-8-10-16-9-5-6-13-19(16)21)22(25)24-18-12-7-11-17(15-18)23(26)27-4-2/h5-15,20H,3-4H2,1-2H3,(H,24,25)/t20-/m1/s1.